The number of hydrogen-bond donors (Lipinski definition) is 2. The normalized spacial score (nSPS) is 13.5. The highest BCUT2D eigenvalue weighted by atomic mass is 16.6. The highest BCUT2D eigenvalue weighted by Gasteiger charge is 2.41. The van der Waals surface area contributed by atoms with Crippen molar-refractivity contribution < 1.29 is 61.9 Å². The monoisotopic (exact) mass is 708 g/mol. The molecule has 0 aliphatic heterocycles. The van der Waals surface area contributed by atoms with Crippen LogP contribution in [0.1, 0.15) is 40.0 Å². The second-order valence-corrected chi connectivity index (χ2v) is 12.6. The summed E-state index contributed by atoms with van der Waals surface area (Å²) in [6.45, 7) is 18.7. The zero-order valence-electron chi connectivity index (χ0n) is 29.4. The molecule has 280 valence electrons. The number of carbonyl (C=O) groups excluding carboxylic acids is 6. The topological polar surface area (TPSA) is 219 Å². The molecule has 0 aliphatic carbocycles. The number of carbonyl (C=O) groups is 6. The summed E-state index contributed by atoms with van der Waals surface area (Å²) in [6, 6.07) is 0. The Hall–Kier alpha value is -4.60. The van der Waals surface area contributed by atoms with Crippen LogP contribution < -0.4 is 11.5 Å². The van der Waals surface area contributed by atoms with Crippen LogP contribution in [0.2, 0.25) is 0 Å². The summed E-state index contributed by atoms with van der Waals surface area (Å²) in [5.74, 6) is -4.82. The van der Waals surface area contributed by atoms with E-state index in [1.54, 1.807) is 6.92 Å². The average molecular weight is 709 g/mol. The van der Waals surface area contributed by atoms with Crippen molar-refractivity contribution in [3.63, 3.8) is 0 Å². The number of ether oxygens (including phenoxy) is 7. The lowest BCUT2D eigenvalue weighted by atomic mass is 9.74. The van der Waals surface area contributed by atoms with E-state index in [1.807, 2.05) is 13.8 Å². The van der Waals surface area contributed by atoms with E-state index in [0.29, 0.717) is 12.8 Å². The van der Waals surface area contributed by atoms with Gasteiger partial charge in [-0.15, -0.1) is 0 Å². The second-order valence-electron chi connectivity index (χ2n) is 12.6. The predicted molar refractivity (Wildman–Crippen MR) is 182 cm³/mol. The molecule has 0 rings (SSSR count). The zero-order chi connectivity index (χ0) is 38.4. The van der Waals surface area contributed by atoms with Crippen LogP contribution in [-0.2, 0) is 61.9 Å². The molecule has 0 heterocycles. The van der Waals surface area contributed by atoms with Crippen LogP contribution in [-0.4, -0.2) is 101 Å². The minimum Gasteiger partial charge on any atom is -0.465 e. The Morgan fingerprint density at radius 2 is 0.860 bits per heavy atom. The highest BCUT2D eigenvalue weighted by molar-refractivity contribution is 5.83. The first-order valence-corrected chi connectivity index (χ1v) is 15.6. The molecular weight excluding hydrogens is 656 g/mol. The molecule has 0 spiro atoms. The first-order chi connectivity index (χ1) is 23.4. The summed E-state index contributed by atoms with van der Waals surface area (Å²) in [5.41, 5.74) is 7.72. The summed E-state index contributed by atoms with van der Waals surface area (Å²) in [7, 11) is 0. The average Bonchev–Trinajstić information content (AvgIpc) is 3.10. The molecule has 2 atom stereocenters. The molecule has 4 N–H and O–H groups in total. The van der Waals surface area contributed by atoms with Crippen LogP contribution in [0.25, 0.3) is 0 Å². The van der Waals surface area contributed by atoms with E-state index in [2.05, 4.69) is 32.9 Å². The quantitative estimate of drug-likeness (QED) is 0.0709. The van der Waals surface area contributed by atoms with Gasteiger partial charge in [-0.25, -0.2) is 24.0 Å². The van der Waals surface area contributed by atoms with Crippen LogP contribution in [0.5, 0.6) is 0 Å². The first kappa shape index (κ1) is 45.4. The van der Waals surface area contributed by atoms with E-state index in [4.69, 9.17) is 44.6 Å². The molecule has 0 aromatic heterocycles. The van der Waals surface area contributed by atoms with Crippen molar-refractivity contribution in [2.24, 2.45) is 27.7 Å². The molecule has 0 radical (unpaired) electrons. The Balaban J connectivity index is 6.60. The molecule has 0 fully saturated rings. The van der Waals surface area contributed by atoms with Crippen LogP contribution in [0.15, 0.2) is 63.3 Å². The van der Waals surface area contributed by atoms with Crippen LogP contribution in [0, 0.1) is 16.2 Å². The van der Waals surface area contributed by atoms with E-state index < -0.39 is 110 Å². The van der Waals surface area contributed by atoms with E-state index in [9.17, 15) is 28.8 Å². The van der Waals surface area contributed by atoms with Gasteiger partial charge in [0, 0.05) is 42.5 Å². The molecule has 0 aromatic carbocycles. The third-order valence-electron chi connectivity index (χ3n) is 7.51. The van der Waals surface area contributed by atoms with Gasteiger partial charge in [0.25, 0.3) is 0 Å². The summed E-state index contributed by atoms with van der Waals surface area (Å²) < 4.78 is 38.0. The van der Waals surface area contributed by atoms with Gasteiger partial charge in [-0.3, -0.25) is 4.79 Å². The van der Waals surface area contributed by atoms with Gasteiger partial charge in [0.15, 0.2) is 0 Å². The fourth-order valence-corrected chi connectivity index (χ4v) is 4.39. The molecule has 2 unspecified atom stereocenters. The van der Waals surface area contributed by atoms with E-state index in [0.717, 1.165) is 30.4 Å². The minimum absolute atomic E-state index is 0.0484. The molecule has 0 bridgehead atoms. The van der Waals surface area contributed by atoms with Crippen molar-refractivity contribution in [3.05, 3.63) is 63.3 Å². The predicted octanol–water partition coefficient (Wildman–Crippen LogP) is 2.04. The largest absolute Gasteiger partial charge is 0.465 e. The first-order valence-electron chi connectivity index (χ1n) is 15.6. The second kappa shape index (κ2) is 22.2. The maximum absolute atomic E-state index is 13.2. The lowest BCUT2D eigenvalue weighted by molar-refractivity contribution is -0.171. The number of rotatable bonds is 27. The maximum atomic E-state index is 13.2. The SMILES string of the molecule is C=CC(=O)OCC(COCC(COC(=O)C=C)(COC(=O)C=C)COC(=O)CC(C)(CC)CC(C)(N)CN)(COC(=O)C=C)COC(=O)C=C. The van der Waals surface area contributed by atoms with Gasteiger partial charge in [-0.05, 0) is 18.8 Å². The molecule has 0 aliphatic rings. The van der Waals surface area contributed by atoms with Crippen molar-refractivity contribution in [1.29, 1.82) is 0 Å². The molecule has 0 amide bonds. The van der Waals surface area contributed by atoms with Crippen molar-refractivity contribution in [3.8, 4) is 0 Å². The van der Waals surface area contributed by atoms with E-state index >= 15 is 0 Å². The van der Waals surface area contributed by atoms with Crippen LogP contribution in [0.3, 0.4) is 0 Å². The molecule has 0 saturated carbocycles. The van der Waals surface area contributed by atoms with Gasteiger partial charge in [-0.1, -0.05) is 53.2 Å². The maximum Gasteiger partial charge on any atom is 0.330 e. The van der Waals surface area contributed by atoms with Crippen LogP contribution in [0.4, 0.5) is 0 Å². The van der Waals surface area contributed by atoms with Crippen molar-refractivity contribution >= 4 is 35.8 Å². The van der Waals surface area contributed by atoms with Gasteiger partial charge in [0.05, 0.1) is 30.5 Å². The van der Waals surface area contributed by atoms with Gasteiger partial charge in [-0.2, -0.15) is 0 Å². The Morgan fingerprint density at radius 1 is 0.560 bits per heavy atom. The Labute approximate surface area is 293 Å². The summed E-state index contributed by atoms with van der Waals surface area (Å²) >= 11 is 0. The molecule has 50 heavy (non-hydrogen) atoms. The number of hydrogen-bond acceptors (Lipinski definition) is 15. The summed E-state index contributed by atoms with van der Waals surface area (Å²) in [4.78, 5) is 73.5. The van der Waals surface area contributed by atoms with Gasteiger partial charge >= 0.3 is 35.8 Å². The minimum atomic E-state index is -1.53. The van der Waals surface area contributed by atoms with Gasteiger partial charge in [0.2, 0.25) is 0 Å². The fraction of sp³-hybridized carbons (Fsp3) is 0.543. The van der Waals surface area contributed by atoms with E-state index in [1.165, 1.54) is 0 Å². The summed E-state index contributed by atoms with van der Waals surface area (Å²) in [6.07, 6.45) is 5.43. The molecule has 0 aromatic rings. The van der Waals surface area contributed by atoms with Crippen molar-refractivity contribution in [1.82, 2.24) is 0 Å². The number of nitrogens with two attached hydrogens (primary N) is 2. The Bertz CT molecular complexity index is 1160. The standard InChI is InChI=1S/C35H52N2O13/c1-9-26(38)45-20-34(21-46-27(39)10-2,22-47-28(40)11-3)18-44-19-35(23-48-29(41)12-4,24-49-30(42)13-5)25-50-31(43)15-32(7,14-6)16-33(8,37)17-36/h9-13H,1-5,14-25,36-37H2,6-8H3. The summed E-state index contributed by atoms with van der Waals surface area (Å²) in [5, 5.41) is 0. The van der Waals surface area contributed by atoms with Gasteiger partial charge < -0.3 is 44.6 Å². The Kier molecular flexibility index (Phi) is 20.1. The highest BCUT2D eigenvalue weighted by Crippen LogP contribution is 2.35. The Morgan fingerprint density at radius 3 is 1.12 bits per heavy atom. The molecule has 0 saturated heterocycles. The third kappa shape index (κ3) is 17.7. The van der Waals surface area contributed by atoms with Crippen molar-refractivity contribution in [2.75, 3.05) is 59.4 Å². The molecular formula is C35H52N2O13. The van der Waals surface area contributed by atoms with E-state index in [-0.39, 0.29) is 13.0 Å². The molecule has 15 heteroatoms. The van der Waals surface area contributed by atoms with Gasteiger partial charge in [0.1, 0.15) is 39.6 Å². The van der Waals surface area contributed by atoms with Crippen molar-refractivity contribution in [2.45, 2.75) is 45.6 Å². The zero-order valence-corrected chi connectivity index (χ0v) is 29.4. The molecule has 15 nitrogen and oxygen atoms in total. The number of esters is 6. The lowest BCUT2D eigenvalue weighted by Crippen LogP contribution is -2.48. The van der Waals surface area contributed by atoms with Crippen LogP contribution >= 0.6 is 0 Å². The fourth-order valence-electron chi connectivity index (χ4n) is 4.39. The lowest BCUT2D eigenvalue weighted by Gasteiger charge is -2.37. The smallest absolute Gasteiger partial charge is 0.330 e. The third-order valence-corrected chi connectivity index (χ3v) is 7.51.